The van der Waals surface area contributed by atoms with E-state index in [0.29, 0.717) is 5.22 Å². The zero-order chi connectivity index (χ0) is 10.7. The number of furan rings is 1. The predicted octanol–water partition coefficient (Wildman–Crippen LogP) is 2.89. The van der Waals surface area contributed by atoms with Gasteiger partial charge in [-0.05, 0) is 30.8 Å². The van der Waals surface area contributed by atoms with Gasteiger partial charge >= 0.3 is 0 Å². The van der Waals surface area contributed by atoms with Crippen molar-refractivity contribution in [3.05, 3.63) is 39.7 Å². The van der Waals surface area contributed by atoms with Crippen LogP contribution in [0.4, 0.5) is 0 Å². The summed E-state index contributed by atoms with van der Waals surface area (Å²) in [5.41, 5.74) is 0. The van der Waals surface area contributed by atoms with E-state index >= 15 is 0 Å². The molecule has 2 aromatic heterocycles. The summed E-state index contributed by atoms with van der Waals surface area (Å²) in [5, 5.41) is 6.66. The molecule has 0 spiro atoms. The fraction of sp³-hybridized carbons (Fsp3) is 0.300. The SMILES string of the molecule is CNC(Cc1nccs1)c1ccc(Cl)o1. The van der Waals surface area contributed by atoms with Gasteiger partial charge in [-0.2, -0.15) is 0 Å². The second-order valence-corrected chi connectivity index (χ2v) is 4.46. The van der Waals surface area contributed by atoms with Gasteiger partial charge in [0.2, 0.25) is 0 Å². The number of rotatable bonds is 4. The van der Waals surface area contributed by atoms with Gasteiger partial charge < -0.3 is 9.73 Å². The van der Waals surface area contributed by atoms with Crippen molar-refractivity contribution in [2.75, 3.05) is 7.05 Å². The van der Waals surface area contributed by atoms with Crippen LogP contribution in [0.2, 0.25) is 5.22 Å². The Morgan fingerprint density at radius 1 is 1.60 bits per heavy atom. The molecule has 0 fully saturated rings. The molecule has 0 radical (unpaired) electrons. The smallest absolute Gasteiger partial charge is 0.193 e. The number of thiazole rings is 1. The molecule has 0 aliphatic heterocycles. The number of nitrogens with one attached hydrogen (secondary N) is 1. The van der Waals surface area contributed by atoms with Crippen LogP contribution in [0.1, 0.15) is 16.8 Å². The van der Waals surface area contributed by atoms with Crippen molar-refractivity contribution >= 4 is 22.9 Å². The summed E-state index contributed by atoms with van der Waals surface area (Å²) in [5.74, 6) is 0.845. The molecule has 80 valence electrons. The van der Waals surface area contributed by atoms with E-state index in [1.165, 1.54) is 0 Å². The normalized spacial score (nSPS) is 12.9. The molecule has 15 heavy (non-hydrogen) atoms. The Kier molecular flexibility index (Phi) is 3.41. The second-order valence-electron chi connectivity index (χ2n) is 3.11. The van der Waals surface area contributed by atoms with Crippen LogP contribution in [-0.4, -0.2) is 12.0 Å². The Labute approximate surface area is 97.1 Å². The van der Waals surface area contributed by atoms with Crippen LogP contribution >= 0.6 is 22.9 Å². The summed E-state index contributed by atoms with van der Waals surface area (Å²) < 4.78 is 5.37. The molecule has 0 amide bonds. The maximum absolute atomic E-state index is 5.74. The van der Waals surface area contributed by atoms with E-state index in [1.54, 1.807) is 17.4 Å². The average Bonchev–Trinajstić information content (AvgIpc) is 2.85. The molecule has 2 rings (SSSR count). The van der Waals surface area contributed by atoms with Gasteiger partial charge in [-0.1, -0.05) is 0 Å². The highest BCUT2D eigenvalue weighted by molar-refractivity contribution is 7.09. The fourth-order valence-electron chi connectivity index (χ4n) is 1.39. The first kappa shape index (κ1) is 10.7. The van der Waals surface area contributed by atoms with Crippen LogP contribution in [0.15, 0.2) is 28.1 Å². The lowest BCUT2D eigenvalue weighted by Crippen LogP contribution is -2.18. The van der Waals surface area contributed by atoms with Crippen LogP contribution in [0.5, 0.6) is 0 Å². The zero-order valence-corrected chi connectivity index (χ0v) is 9.81. The predicted molar refractivity (Wildman–Crippen MR) is 61.3 cm³/mol. The lowest BCUT2D eigenvalue weighted by molar-refractivity contribution is 0.430. The van der Waals surface area contributed by atoms with E-state index in [1.807, 2.05) is 24.7 Å². The highest BCUT2D eigenvalue weighted by atomic mass is 35.5. The molecule has 2 heterocycles. The van der Waals surface area contributed by atoms with Gasteiger partial charge in [0.1, 0.15) is 5.76 Å². The van der Waals surface area contributed by atoms with E-state index in [-0.39, 0.29) is 6.04 Å². The van der Waals surface area contributed by atoms with Gasteiger partial charge in [-0.15, -0.1) is 11.3 Å². The van der Waals surface area contributed by atoms with Gasteiger partial charge in [-0.3, -0.25) is 0 Å². The maximum atomic E-state index is 5.74. The van der Waals surface area contributed by atoms with Crippen LogP contribution in [-0.2, 0) is 6.42 Å². The molecule has 0 aliphatic carbocycles. The summed E-state index contributed by atoms with van der Waals surface area (Å²) in [6.07, 6.45) is 2.62. The standard InChI is InChI=1S/C10H11ClN2OS/c1-12-7(6-10-13-4-5-15-10)8-2-3-9(11)14-8/h2-5,7,12H,6H2,1H3. The van der Waals surface area contributed by atoms with Crippen molar-refractivity contribution in [1.82, 2.24) is 10.3 Å². The number of hydrogen-bond donors (Lipinski definition) is 1. The van der Waals surface area contributed by atoms with E-state index < -0.39 is 0 Å². The molecule has 0 aliphatic rings. The lowest BCUT2D eigenvalue weighted by atomic mass is 10.1. The third kappa shape index (κ3) is 2.59. The van der Waals surface area contributed by atoms with Gasteiger partial charge in [0.05, 0.1) is 11.0 Å². The summed E-state index contributed by atoms with van der Waals surface area (Å²) in [7, 11) is 1.90. The molecular formula is C10H11ClN2OS. The summed E-state index contributed by atoms with van der Waals surface area (Å²) >= 11 is 7.38. The molecule has 0 aromatic carbocycles. The van der Waals surface area contributed by atoms with Crippen molar-refractivity contribution in [2.45, 2.75) is 12.5 Å². The molecule has 0 bridgehead atoms. The average molecular weight is 243 g/mol. The van der Waals surface area contributed by atoms with E-state index in [2.05, 4.69) is 10.3 Å². The van der Waals surface area contributed by atoms with Crippen LogP contribution in [0.3, 0.4) is 0 Å². The third-order valence-electron chi connectivity index (χ3n) is 2.15. The minimum atomic E-state index is 0.128. The Balaban J connectivity index is 2.11. The Hall–Kier alpha value is -0.840. The molecule has 1 N–H and O–H groups in total. The van der Waals surface area contributed by atoms with Crippen molar-refractivity contribution in [2.24, 2.45) is 0 Å². The number of hydrogen-bond acceptors (Lipinski definition) is 4. The largest absolute Gasteiger partial charge is 0.448 e. The zero-order valence-electron chi connectivity index (χ0n) is 8.24. The molecule has 0 saturated carbocycles. The molecular weight excluding hydrogens is 232 g/mol. The number of aromatic nitrogens is 1. The van der Waals surface area contributed by atoms with Crippen molar-refractivity contribution in [3.63, 3.8) is 0 Å². The van der Waals surface area contributed by atoms with Gasteiger partial charge in [0.15, 0.2) is 5.22 Å². The van der Waals surface area contributed by atoms with Crippen LogP contribution < -0.4 is 5.32 Å². The van der Waals surface area contributed by atoms with Gasteiger partial charge in [0.25, 0.3) is 0 Å². The second kappa shape index (κ2) is 4.79. The summed E-state index contributed by atoms with van der Waals surface area (Å²) in [4.78, 5) is 4.24. The minimum Gasteiger partial charge on any atom is -0.448 e. The number of likely N-dealkylation sites (N-methyl/N-ethyl adjacent to an activating group) is 1. The highest BCUT2D eigenvalue weighted by Gasteiger charge is 2.15. The Bertz CT molecular complexity index is 413. The van der Waals surface area contributed by atoms with E-state index in [0.717, 1.165) is 17.2 Å². The first-order valence-corrected chi connectivity index (χ1v) is 5.86. The molecule has 2 aromatic rings. The first-order chi connectivity index (χ1) is 7.29. The van der Waals surface area contributed by atoms with Crippen molar-refractivity contribution < 1.29 is 4.42 Å². The first-order valence-electron chi connectivity index (χ1n) is 4.60. The lowest BCUT2D eigenvalue weighted by Gasteiger charge is -2.11. The topological polar surface area (TPSA) is 38.1 Å². The quantitative estimate of drug-likeness (QED) is 0.896. The van der Waals surface area contributed by atoms with Gasteiger partial charge in [0, 0.05) is 18.0 Å². The number of nitrogens with zero attached hydrogens (tertiary/aromatic N) is 1. The maximum Gasteiger partial charge on any atom is 0.193 e. The minimum absolute atomic E-state index is 0.128. The molecule has 1 unspecified atom stereocenters. The molecule has 0 saturated heterocycles. The Morgan fingerprint density at radius 2 is 2.47 bits per heavy atom. The summed E-state index contributed by atoms with van der Waals surface area (Å²) in [6, 6.07) is 3.77. The van der Waals surface area contributed by atoms with Crippen LogP contribution in [0, 0.1) is 0 Å². The van der Waals surface area contributed by atoms with Crippen molar-refractivity contribution in [3.8, 4) is 0 Å². The molecule has 1 atom stereocenters. The summed E-state index contributed by atoms with van der Waals surface area (Å²) in [6.45, 7) is 0. The van der Waals surface area contributed by atoms with E-state index in [9.17, 15) is 0 Å². The Morgan fingerprint density at radius 3 is 3.00 bits per heavy atom. The van der Waals surface area contributed by atoms with Crippen LogP contribution in [0.25, 0.3) is 0 Å². The molecule has 5 heteroatoms. The molecule has 3 nitrogen and oxygen atoms in total. The fourth-order valence-corrected chi connectivity index (χ4v) is 2.20. The monoisotopic (exact) mass is 242 g/mol. The van der Waals surface area contributed by atoms with E-state index in [4.69, 9.17) is 16.0 Å². The third-order valence-corrected chi connectivity index (χ3v) is 3.15. The van der Waals surface area contributed by atoms with Crippen molar-refractivity contribution in [1.29, 1.82) is 0 Å². The highest BCUT2D eigenvalue weighted by Crippen LogP contribution is 2.23. The number of halogens is 1. The van der Waals surface area contributed by atoms with Gasteiger partial charge in [-0.25, -0.2) is 4.98 Å².